The summed E-state index contributed by atoms with van der Waals surface area (Å²) in [5.41, 5.74) is 4.18. The van der Waals surface area contributed by atoms with Gasteiger partial charge in [0.2, 0.25) is 0 Å². The van der Waals surface area contributed by atoms with Gasteiger partial charge in [0, 0.05) is 33.8 Å². The second-order valence-corrected chi connectivity index (χ2v) is 11.5. The number of para-hydroxylation sites is 1. The van der Waals surface area contributed by atoms with Crippen LogP contribution >= 0.6 is 11.8 Å². The van der Waals surface area contributed by atoms with Crippen molar-refractivity contribution >= 4 is 29.7 Å². The lowest BCUT2D eigenvalue weighted by molar-refractivity contribution is -0.143. The van der Waals surface area contributed by atoms with Crippen LogP contribution in [-0.2, 0) is 9.59 Å². The monoisotopic (exact) mass is 550 g/mol. The largest absolute Gasteiger partial charge is 0.271 e. The number of benzene rings is 2. The Morgan fingerprint density at radius 1 is 1.02 bits per heavy atom. The summed E-state index contributed by atoms with van der Waals surface area (Å²) in [6.45, 7) is 3.89. The van der Waals surface area contributed by atoms with Crippen LogP contribution in [0.5, 0.6) is 0 Å². The van der Waals surface area contributed by atoms with Gasteiger partial charge in [-0.2, -0.15) is 10.4 Å². The fourth-order valence-corrected chi connectivity index (χ4v) is 6.40. The van der Waals surface area contributed by atoms with Crippen molar-refractivity contribution in [1.29, 1.82) is 5.26 Å². The third-order valence-corrected chi connectivity index (χ3v) is 8.77. The number of unbranched alkanes of at least 4 members (excludes halogenated alkanes) is 1. The van der Waals surface area contributed by atoms with E-state index in [9.17, 15) is 14.9 Å². The SMILES string of the molecule is CCCCSc1ccc(-c2nn(-c3ccccc3)cc2/C=C2/C(=O)N(C3CCCCC3)C(=O)C(C#N)=C2C)cc1. The van der Waals surface area contributed by atoms with E-state index in [-0.39, 0.29) is 17.5 Å². The summed E-state index contributed by atoms with van der Waals surface area (Å²) in [7, 11) is 0. The Hall–Kier alpha value is -3.89. The number of amides is 2. The first kappa shape index (κ1) is 27.7. The number of nitriles is 1. The zero-order chi connectivity index (χ0) is 28.1. The maximum Gasteiger partial charge on any atom is 0.271 e. The van der Waals surface area contributed by atoms with Crippen LogP contribution < -0.4 is 0 Å². The molecule has 204 valence electrons. The quantitative estimate of drug-likeness (QED) is 0.127. The van der Waals surface area contributed by atoms with Crippen LogP contribution in [0.4, 0.5) is 0 Å². The van der Waals surface area contributed by atoms with Crippen molar-refractivity contribution in [3.63, 3.8) is 0 Å². The first-order valence-electron chi connectivity index (χ1n) is 14.1. The van der Waals surface area contributed by atoms with E-state index in [0.29, 0.717) is 11.1 Å². The van der Waals surface area contributed by atoms with Gasteiger partial charge in [-0.25, -0.2) is 4.68 Å². The zero-order valence-electron chi connectivity index (χ0n) is 23.1. The minimum Gasteiger partial charge on any atom is -0.271 e. The number of imide groups is 1. The molecular weight excluding hydrogens is 516 g/mol. The Morgan fingerprint density at radius 3 is 2.42 bits per heavy atom. The van der Waals surface area contributed by atoms with Crippen molar-refractivity contribution in [2.45, 2.75) is 69.7 Å². The maximum atomic E-state index is 13.9. The molecule has 3 aromatic rings. The molecule has 0 spiro atoms. The molecule has 2 heterocycles. The molecule has 5 rings (SSSR count). The lowest BCUT2D eigenvalue weighted by Crippen LogP contribution is -2.49. The number of rotatable bonds is 8. The van der Waals surface area contributed by atoms with Gasteiger partial charge in [-0.1, -0.05) is 62.9 Å². The molecule has 1 aromatic heterocycles. The summed E-state index contributed by atoms with van der Waals surface area (Å²) >= 11 is 1.84. The van der Waals surface area contributed by atoms with Crippen LogP contribution in [0.3, 0.4) is 0 Å². The standard InChI is InChI=1S/C33H34N4O2S/c1-3-4-19-40-28-17-15-24(16-18-28)31-25(22-36(35-31)26-11-7-5-8-12-26)20-29-23(2)30(21-34)33(39)37(32(29)38)27-13-9-6-10-14-27/h5,7-8,11-12,15-18,20,22,27H,3-4,6,9-10,13-14,19H2,1-2H3/b29-20+. The highest BCUT2D eigenvalue weighted by Crippen LogP contribution is 2.35. The maximum absolute atomic E-state index is 13.9. The molecule has 7 heteroatoms. The van der Waals surface area contributed by atoms with Gasteiger partial charge < -0.3 is 0 Å². The number of thioether (sulfide) groups is 1. The Morgan fingerprint density at radius 2 is 1.75 bits per heavy atom. The number of nitrogens with zero attached hydrogens (tertiary/aromatic N) is 4. The summed E-state index contributed by atoms with van der Waals surface area (Å²) < 4.78 is 1.81. The molecule has 0 atom stereocenters. The van der Waals surface area contributed by atoms with Crippen LogP contribution in [-0.4, -0.2) is 38.3 Å². The predicted molar refractivity (Wildman–Crippen MR) is 160 cm³/mol. The van der Waals surface area contributed by atoms with Crippen molar-refractivity contribution in [3.8, 4) is 23.0 Å². The van der Waals surface area contributed by atoms with Gasteiger partial charge in [-0.15, -0.1) is 11.8 Å². The minimum absolute atomic E-state index is 0.0434. The van der Waals surface area contributed by atoms with Crippen LogP contribution in [0.2, 0.25) is 0 Å². The molecule has 2 amide bonds. The van der Waals surface area contributed by atoms with Gasteiger partial charge in [0.25, 0.3) is 11.8 Å². The molecule has 2 aliphatic rings. The van der Waals surface area contributed by atoms with Crippen LogP contribution in [0.25, 0.3) is 23.0 Å². The molecule has 40 heavy (non-hydrogen) atoms. The molecule has 1 aliphatic heterocycles. The van der Waals surface area contributed by atoms with Crippen molar-refractivity contribution in [2.75, 3.05) is 5.75 Å². The molecular formula is C33H34N4O2S. The van der Waals surface area contributed by atoms with Crippen molar-refractivity contribution in [2.24, 2.45) is 0 Å². The van der Waals surface area contributed by atoms with Gasteiger partial charge in [0.15, 0.2) is 0 Å². The number of aromatic nitrogens is 2. The van der Waals surface area contributed by atoms with E-state index in [1.165, 1.54) is 22.6 Å². The van der Waals surface area contributed by atoms with E-state index in [1.807, 2.05) is 59.0 Å². The van der Waals surface area contributed by atoms with Crippen molar-refractivity contribution in [3.05, 3.63) is 83.1 Å². The van der Waals surface area contributed by atoms with E-state index in [1.54, 1.807) is 6.92 Å². The Labute approximate surface area is 240 Å². The van der Waals surface area contributed by atoms with Gasteiger partial charge in [0.1, 0.15) is 11.6 Å². The average Bonchev–Trinajstić information content (AvgIpc) is 3.41. The summed E-state index contributed by atoms with van der Waals surface area (Å²) in [6.07, 6.45) is 10.7. The van der Waals surface area contributed by atoms with Gasteiger partial charge >= 0.3 is 0 Å². The normalized spacial score (nSPS) is 17.5. The summed E-state index contributed by atoms with van der Waals surface area (Å²) in [4.78, 5) is 29.7. The Balaban J connectivity index is 1.59. The molecule has 1 aliphatic carbocycles. The first-order valence-corrected chi connectivity index (χ1v) is 15.1. The van der Waals surface area contributed by atoms with Crippen LogP contribution in [0.15, 0.2) is 82.4 Å². The molecule has 1 saturated carbocycles. The molecule has 0 saturated heterocycles. The zero-order valence-corrected chi connectivity index (χ0v) is 23.9. The molecule has 0 radical (unpaired) electrons. The van der Waals surface area contributed by atoms with E-state index in [0.717, 1.165) is 60.4 Å². The van der Waals surface area contributed by atoms with Gasteiger partial charge in [-0.05, 0) is 67.9 Å². The highest BCUT2D eigenvalue weighted by Gasteiger charge is 2.40. The van der Waals surface area contributed by atoms with Crippen LogP contribution in [0, 0.1) is 11.3 Å². The Bertz CT molecular complexity index is 1490. The highest BCUT2D eigenvalue weighted by atomic mass is 32.2. The molecule has 6 nitrogen and oxygen atoms in total. The summed E-state index contributed by atoms with van der Waals surface area (Å²) in [5.74, 6) is 0.293. The minimum atomic E-state index is -0.467. The van der Waals surface area contributed by atoms with Gasteiger partial charge in [0.05, 0.1) is 11.4 Å². The lowest BCUT2D eigenvalue weighted by atomic mass is 9.88. The summed E-state index contributed by atoms with van der Waals surface area (Å²) in [5, 5.41) is 14.8. The van der Waals surface area contributed by atoms with Crippen LogP contribution in [0.1, 0.15) is 64.4 Å². The number of carbonyl (C=O) groups is 2. The van der Waals surface area contributed by atoms with E-state index in [4.69, 9.17) is 5.10 Å². The molecule has 1 fully saturated rings. The third-order valence-electron chi connectivity index (χ3n) is 7.67. The number of hydrogen-bond acceptors (Lipinski definition) is 5. The van der Waals surface area contributed by atoms with Crippen molar-refractivity contribution in [1.82, 2.24) is 14.7 Å². The third kappa shape index (κ3) is 5.68. The molecule has 0 unspecified atom stereocenters. The average molecular weight is 551 g/mol. The van der Waals surface area contributed by atoms with E-state index in [2.05, 4.69) is 37.3 Å². The Kier molecular flexibility index (Phi) is 8.66. The second-order valence-electron chi connectivity index (χ2n) is 10.4. The fourth-order valence-electron chi connectivity index (χ4n) is 5.40. The fraction of sp³-hybridized carbons (Fsp3) is 0.333. The smallest absolute Gasteiger partial charge is 0.271 e. The molecule has 0 N–H and O–H groups in total. The number of carbonyl (C=O) groups excluding carboxylic acids is 2. The molecule has 2 aromatic carbocycles. The first-order chi connectivity index (χ1) is 19.5. The van der Waals surface area contributed by atoms with Crippen molar-refractivity contribution < 1.29 is 9.59 Å². The van der Waals surface area contributed by atoms with E-state index < -0.39 is 5.91 Å². The summed E-state index contributed by atoms with van der Waals surface area (Å²) in [6, 6.07) is 20.1. The molecule has 0 bridgehead atoms. The van der Waals surface area contributed by atoms with E-state index >= 15 is 0 Å². The predicted octanol–water partition coefficient (Wildman–Crippen LogP) is 7.36. The second kappa shape index (κ2) is 12.5. The van der Waals surface area contributed by atoms with Gasteiger partial charge in [-0.3, -0.25) is 14.5 Å². The number of hydrogen-bond donors (Lipinski definition) is 0. The highest BCUT2D eigenvalue weighted by molar-refractivity contribution is 7.99. The topological polar surface area (TPSA) is 79.0 Å². The lowest BCUT2D eigenvalue weighted by Gasteiger charge is -2.36.